The van der Waals surface area contributed by atoms with Crippen LogP contribution in [0.4, 0.5) is 19.0 Å². The Morgan fingerprint density at radius 3 is 2.68 bits per heavy atom. The normalized spacial score (nSPS) is 21.3. The molecule has 1 aliphatic carbocycles. The Kier molecular flexibility index (Phi) is 8.98. The largest absolute Gasteiger partial charge is 0.390 e. The van der Waals surface area contributed by atoms with E-state index in [4.69, 9.17) is 5.73 Å². The van der Waals surface area contributed by atoms with Gasteiger partial charge in [-0.3, -0.25) is 15.1 Å². The smallest absolute Gasteiger partial charge is 0.251 e. The van der Waals surface area contributed by atoms with E-state index in [2.05, 4.69) is 20.6 Å². The number of anilines is 1. The van der Waals surface area contributed by atoms with E-state index in [1.54, 1.807) is 36.4 Å². The lowest BCUT2D eigenvalue weighted by Gasteiger charge is -2.28. The van der Waals surface area contributed by atoms with Gasteiger partial charge in [0.25, 0.3) is 5.91 Å². The Morgan fingerprint density at radius 2 is 1.97 bits per heavy atom. The van der Waals surface area contributed by atoms with Crippen LogP contribution in [0.3, 0.4) is 0 Å². The molecule has 1 amide bonds. The molecule has 7 nitrogen and oxygen atoms in total. The standard InChI is InChI=1S/C26H27F3IN5O2/c27-17-8-16(9-18(30)11-17)23(35-26(37)14-4-2-1-3-5-14)24(29)32-13-21-25(31)33-12-20(34-21)15-6-7-22(36)19(28)10-15/h1-5,8-9,11-12,15,19,22-24,32,36H,6-7,10,13H2,(H2,31,33)(H,35,37)/t15-,19-,22-,23-,24?/m0/s1. The Labute approximate surface area is 226 Å². The van der Waals surface area contributed by atoms with Crippen molar-refractivity contribution in [2.75, 3.05) is 5.73 Å². The molecule has 1 unspecified atom stereocenters. The Hall–Kier alpha value is -2.77. The number of aliphatic hydroxyl groups is 1. The molecule has 1 saturated carbocycles. The van der Waals surface area contributed by atoms with Gasteiger partial charge in [0.1, 0.15) is 17.8 Å². The van der Waals surface area contributed by atoms with Crippen molar-refractivity contribution in [3.8, 4) is 0 Å². The number of hydrogen-bond acceptors (Lipinski definition) is 6. The van der Waals surface area contributed by atoms with Crippen molar-refractivity contribution in [2.24, 2.45) is 0 Å². The molecular formula is C26H27F3IN5O2. The summed E-state index contributed by atoms with van der Waals surface area (Å²) in [4.78, 5) is 21.4. The second-order valence-corrected chi connectivity index (χ2v) is 10.3. The highest BCUT2D eigenvalue weighted by molar-refractivity contribution is 14.1. The van der Waals surface area contributed by atoms with Crippen molar-refractivity contribution in [3.05, 3.63) is 86.6 Å². The van der Waals surface area contributed by atoms with E-state index in [1.807, 2.05) is 22.6 Å². The van der Waals surface area contributed by atoms with Crippen LogP contribution in [0.1, 0.15) is 58.5 Å². The summed E-state index contributed by atoms with van der Waals surface area (Å²) < 4.78 is 44.4. The van der Waals surface area contributed by atoms with E-state index < -0.39 is 36.3 Å². The van der Waals surface area contributed by atoms with Gasteiger partial charge in [-0.2, -0.15) is 0 Å². The van der Waals surface area contributed by atoms with Crippen LogP contribution in [0.2, 0.25) is 0 Å². The number of halogens is 4. The molecule has 4 rings (SSSR count). The number of aromatic nitrogens is 2. The van der Waals surface area contributed by atoms with Crippen LogP contribution in [0.15, 0.2) is 54.7 Å². The number of benzene rings is 2. The first-order valence-electron chi connectivity index (χ1n) is 11.8. The summed E-state index contributed by atoms with van der Waals surface area (Å²) in [5, 5.41) is 15.0. The lowest BCUT2D eigenvalue weighted by molar-refractivity contribution is 0.0363. The predicted octanol–water partition coefficient (Wildman–Crippen LogP) is 4.33. The molecule has 0 radical (unpaired) electrons. The molecule has 5 N–H and O–H groups in total. The molecule has 2 aromatic carbocycles. The van der Waals surface area contributed by atoms with Crippen LogP contribution >= 0.6 is 22.6 Å². The summed E-state index contributed by atoms with van der Waals surface area (Å²) in [6.07, 6.45) is -1.73. The maximum absolute atomic E-state index is 15.6. The highest BCUT2D eigenvalue weighted by Crippen LogP contribution is 2.34. The molecule has 11 heteroatoms. The number of carbonyl (C=O) groups excluding carboxylic acids is 1. The maximum Gasteiger partial charge on any atom is 0.251 e. The zero-order valence-electron chi connectivity index (χ0n) is 19.8. The molecule has 3 aromatic rings. The van der Waals surface area contributed by atoms with E-state index in [1.165, 1.54) is 18.3 Å². The fraction of sp³-hybridized carbons (Fsp3) is 0.346. The maximum atomic E-state index is 15.6. The SMILES string of the molecule is Nc1ncc([C@H]2CC[C@H](O)[C@@H](F)C2)nc1CNC(F)[C@@H](NC(=O)c1ccccc1)c1cc(F)cc(I)c1. The highest BCUT2D eigenvalue weighted by atomic mass is 127. The predicted molar refractivity (Wildman–Crippen MR) is 141 cm³/mol. The first-order valence-corrected chi connectivity index (χ1v) is 12.9. The van der Waals surface area contributed by atoms with Crippen LogP contribution in [0, 0.1) is 9.39 Å². The average molecular weight is 625 g/mol. The number of nitrogen functional groups attached to an aromatic ring is 1. The number of hydrogen-bond donors (Lipinski definition) is 4. The van der Waals surface area contributed by atoms with Crippen molar-refractivity contribution in [3.63, 3.8) is 0 Å². The summed E-state index contributed by atoms with van der Waals surface area (Å²) in [5.74, 6) is -1.23. The summed E-state index contributed by atoms with van der Waals surface area (Å²) in [5.41, 5.74) is 7.33. The third kappa shape index (κ3) is 6.96. The zero-order chi connectivity index (χ0) is 26.5. The minimum Gasteiger partial charge on any atom is -0.390 e. The topological polar surface area (TPSA) is 113 Å². The van der Waals surface area contributed by atoms with Crippen LogP contribution in [-0.4, -0.2) is 39.6 Å². The second kappa shape index (κ2) is 12.2. The monoisotopic (exact) mass is 625 g/mol. The molecule has 1 aromatic heterocycles. The highest BCUT2D eigenvalue weighted by Gasteiger charge is 2.31. The molecule has 0 saturated heterocycles. The summed E-state index contributed by atoms with van der Waals surface area (Å²) in [6, 6.07) is 11.2. The van der Waals surface area contributed by atoms with Gasteiger partial charge in [-0.25, -0.2) is 18.2 Å². The molecule has 0 bridgehead atoms. The van der Waals surface area contributed by atoms with Gasteiger partial charge in [-0.15, -0.1) is 0 Å². The lowest BCUT2D eigenvalue weighted by atomic mass is 9.84. The zero-order valence-corrected chi connectivity index (χ0v) is 21.9. The second-order valence-electron chi connectivity index (χ2n) is 9.02. The van der Waals surface area contributed by atoms with Gasteiger partial charge in [-0.1, -0.05) is 18.2 Å². The van der Waals surface area contributed by atoms with Gasteiger partial charge in [0.2, 0.25) is 0 Å². The Balaban J connectivity index is 1.52. The molecule has 0 spiro atoms. The Bertz CT molecular complexity index is 1220. The van der Waals surface area contributed by atoms with Crippen molar-refractivity contribution < 1.29 is 23.1 Å². The fourth-order valence-electron chi connectivity index (χ4n) is 4.35. The quantitative estimate of drug-likeness (QED) is 0.219. The van der Waals surface area contributed by atoms with Crippen molar-refractivity contribution >= 4 is 34.3 Å². The molecule has 1 fully saturated rings. The average Bonchev–Trinajstić information content (AvgIpc) is 2.88. The molecule has 37 heavy (non-hydrogen) atoms. The third-order valence-electron chi connectivity index (χ3n) is 6.38. The third-order valence-corrected chi connectivity index (χ3v) is 7.00. The minimum absolute atomic E-state index is 0.0845. The van der Waals surface area contributed by atoms with Gasteiger partial charge in [0, 0.05) is 21.6 Å². The Morgan fingerprint density at radius 1 is 1.22 bits per heavy atom. The van der Waals surface area contributed by atoms with Gasteiger partial charge in [0.15, 0.2) is 6.30 Å². The van der Waals surface area contributed by atoms with E-state index in [0.717, 1.165) is 0 Å². The summed E-state index contributed by atoms with van der Waals surface area (Å²) in [6.45, 7) is -0.133. The lowest BCUT2D eigenvalue weighted by Crippen LogP contribution is -2.41. The number of nitrogens with zero attached hydrogens (tertiary/aromatic N) is 2. The van der Waals surface area contributed by atoms with Crippen LogP contribution in [0.5, 0.6) is 0 Å². The number of amides is 1. The van der Waals surface area contributed by atoms with Gasteiger partial charge in [0.05, 0.1) is 29.7 Å². The fourth-order valence-corrected chi connectivity index (χ4v) is 5.01. The molecule has 196 valence electrons. The summed E-state index contributed by atoms with van der Waals surface area (Å²) >= 11 is 1.92. The molecule has 0 aliphatic heterocycles. The van der Waals surface area contributed by atoms with Crippen molar-refractivity contribution in [1.82, 2.24) is 20.6 Å². The number of alkyl halides is 2. The summed E-state index contributed by atoms with van der Waals surface area (Å²) in [7, 11) is 0. The molecule has 5 atom stereocenters. The van der Waals surface area contributed by atoms with E-state index >= 15 is 4.39 Å². The van der Waals surface area contributed by atoms with Crippen molar-refractivity contribution in [1.29, 1.82) is 0 Å². The molecule has 1 aliphatic rings. The van der Waals surface area contributed by atoms with Gasteiger partial charge >= 0.3 is 0 Å². The number of carbonyl (C=O) groups is 1. The van der Waals surface area contributed by atoms with E-state index in [9.17, 15) is 18.7 Å². The number of nitrogens with one attached hydrogen (secondary N) is 2. The number of aliphatic hydroxyl groups excluding tert-OH is 1. The van der Waals surface area contributed by atoms with E-state index in [0.29, 0.717) is 27.7 Å². The minimum atomic E-state index is -1.84. The molecular weight excluding hydrogens is 598 g/mol. The van der Waals surface area contributed by atoms with Gasteiger partial charge in [-0.05, 0) is 77.7 Å². The van der Waals surface area contributed by atoms with Crippen LogP contribution < -0.4 is 16.4 Å². The number of nitrogens with two attached hydrogens (primary N) is 1. The molecule has 1 heterocycles. The van der Waals surface area contributed by atoms with Gasteiger partial charge < -0.3 is 16.2 Å². The van der Waals surface area contributed by atoms with E-state index in [-0.39, 0.29) is 36.0 Å². The van der Waals surface area contributed by atoms with Crippen LogP contribution in [0.25, 0.3) is 0 Å². The first kappa shape index (κ1) is 27.3. The van der Waals surface area contributed by atoms with Crippen molar-refractivity contribution in [2.45, 2.75) is 56.3 Å². The first-order chi connectivity index (χ1) is 17.7. The van der Waals surface area contributed by atoms with Crippen LogP contribution in [-0.2, 0) is 6.54 Å². The number of rotatable bonds is 8.